The fraction of sp³-hybridized carbons (Fsp3) is 0.429. The van der Waals surface area contributed by atoms with E-state index in [4.69, 9.17) is 14.6 Å². The summed E-state index contributed by atoms with van der Waals surface area (Å²) in [5.41, 5.74) is 0.856. The molecule has 0 radical (unpaired) electrons. The maximum absolute atomic E-state index is 12.0. The number of ether oxygens (including phenoxy) is 2. The van der Waals surface area contributed by atoms with Gasteiger partial charge in [0.1, 0.15) is 6.61 Å². The highest BCUT2D eigenvalue weighted by atomic mass is 16.6. The fourth-order valence-electron chi connectivity index (χ4n) is 2.01. The van der Waals surface area contributed by atoms with E-state index < -0.39 is 18.1 Å². The topological polar surface area (TPSA) is 76.1 Å². The van der Waals surface area contributed by atoms with Gasteiger partial charge < -0.3 is 14.6 Å². The third kappa shape index (κ3) is 3.48. The Morgan fingerprint density at radius 3 is 2.75 bits per heavy atom. The van der Waals surface area contributed by atoms with Gasteiger partial charge >= 0.3 is 12.1 Å². The highest BCUT2D eigenvalue weighted by molar-refractivity contribution is 5.80. The molecule has 1 N–H and O–H groups in total. The van der Waals surface area contributed by atoms with Crippen LogP contribution in [0.1, 0.15) is 12.5 Å². The second-order valence-electron chi connectivity index (χ2n) is 4.69. The Hall–Kier alpha value is -2.08. The number of rotatable bonds is 3. The summed E-state index contributed by atoms with van der Waals surface area (Å²) in [6, 6.07) is 8.25. The van der Waals surface area contributed by atoms with Crippen LogP contribution in [0.3, 0.4) is 0 Å². The number of carbonyl (C=O) groups is 2. The molecule has 2 atom stereocenters. The van der Waals surface area contributed by atoms with Crippen LogP contribution in [0.25, 0.3) is 0 Å². The van der Waals surface area contributed by atoms with Gasteiger partial charge in [0.2, 0.25) is 0 Å². The molecule has 1 aromatic rings. The van der Waals surface area contributed by atoms with E-state index in [-0.39, 0.29) is 25.9 Å². The van der Waals surface area contributed by atoms with Crippen LogP contribution in [-0.2, 0) is 20.9 Å². The molecule has 1 heterocycles. The molecule has 108 valence electrons. The van der Waals surface area contributed by atoms with Crippen molar-refractivity contribution in [1.29, 1.82) is 0 Å². The van der Waals surface area contributed by atoms with Crippen molar-refractivity contribution in [3.05, 3.63) is 35.9 Å². The summed E-state index contributed by atoms with van der Waals surface area (Å²) in [7, 11) is 0. The number of amides is 1. The van der Waals surface area contributed by atoms with E-state index in [2.05, 4.69) is 0 Å². The monoisotopic (exact) mass is 279 g/mol. The Morgan fingerprint density at radius 2 is 2.10 bits per heavy atom. The lowest BCUT2D eigenvalue weighted by Gasteiger charge is -2.35. The lowest BCUT2D eigenvalue weighted by atomic mass is 10.2. The minimum absolute atomic E-state index is 0.0169. The van der Waals surface area contributed by atoms with Crippen molar-refractivity contribution in [1.82, 2.24) is 4.90 Å². The van der Waals surface area contributed by atoms with Gasteiger partial charge in [0.25, 0.3) is 0 Å². The third-order valence-electron chi connectivity index (χ3n) is 3.09. The standard InChI is InChI=1S/C14H17NO5/c1-10-7-15(12(9-19-10)13(16)17)14(18)20-8-11-5-3-2-4-6-11/h2-6,10,12H,7-9H2,1H3,(H,16,17)/t10-,12-/m1/s1. The van der Waals surface area contributed by atoms with E-state index in [1.807, 2.05) is 30.3 Å². The Bertz CT molecular complexity index is 476. The molecule has 1 saturated heterocycles. The lowest BCUT2D eigenvalue weighted by Crippen LogP contribution is -2.55. The molecule has 1 aromatic carbocycles. The van der Waals surface area contributed by atoms with Crippen molar-refractivity contribution in [2.75, 3.05) is 13.2 Å². The fourth-order valence-corrected chi connectivity index (χ4v) is 2.01. The van der Waals surface area contributed by atoms with Crippen LogP contribution >= 0.6 is 0 Å². The molecule has 0 bridgehead atoms. The summed E-state index contributed by atoms with van der Waals surface area (Å²) in [4.78, 5) is 24.3. The van der Waals surface area contributed by atoms with Crippen molar-refractivity contribution in [2.24, 2.45) is 0 Å². The van der Waals surface area contributed by atoms with E-state index in [9.17, 15) is 9.59 Å². The van der Waals surface area contributed by atoms with Gasteiger partial charge in [-0.25, -0.2) is 9.59 Å². The van der Waals surface area contributed by atoms with Crippen LogP contribution in [0.15, 0.2) is 30.3 Å². The molecule has 2 rings (SSSR count). The summed E-state index contributed by atoms with van der Waals surface area (Å²) in [6.07, 6.45) is -0.828. The van der Waals surface area contributed by atoms with Crippen molar-refractivity contribution in [3.63, 3.8) is 0 Å². The molecule has 0 aromatic heterocycles. The molecule has 1 amide bonds. The summed E-state index contributed by atoms with van der Waals surface area (Å²) in [5.74, 6) is -1.09. The van der Waals surface area contributed by atoms with E-state index in [1.54, 1.807) is 6.92 Å². The predicted molar refractivity (Wildman–Crippen MR) is 70.2 cm³/mol. The van der Waals surface area contributed by atoms with Crippen LogP contribution in [0.4, 0.5) is 4.79 Å². The van der Waals surface area contributed by atoms with Gasteiger partial charge in [-0.2, -0.15) is 0 Å². The number of benzene rings is 1. The maximum atomic E-state index is 12.0. The highest BCUT2D eigenvalue weighted by Crippen LogP contribution is 2.14. The first-order valence-electron chi connectivity index (χ1n) is 6.39. The van der Waals surface area contributed by atoms with Crippen LogP contribution in [0, 0.1) is 0 Å². The second kappa shape index (κ2) is 6.38. The number of nitrogens with zero attached hydrogens (tertiary/aromatic N) is 1. The molecular formula is C14H17NO5. The first-order chi connectivity index (χ1) is 9.58. The SMILES string of the molecule is C[C@@H]1CN(C(=O)OCc2ccccc2)[C@@H](C(=O)O)CO1. The Balaban J connectivity index is 1.97. The van der Waals surface area contributed by atoms with Crippen molar-refractivity contribution >= 4 is 12.1 Å². The zero-order valence-corrected chi connectivity index (χ0v) is 11.2. The largest absolute Gasteiger partial charge is 0.480 e. The Kier molecular flexibility index (Phi) is 4.57. The number of carboxylic acid groups (broad SMARTS) is 1. The minimum Gasteiger partial charge on any atom is -0.480 e. The highest BCUT2D eigenvalue weighted by Gasteiger charge is 2.36. The van der Waals surface area contributed by atoms with Gasteiger partial charge in [-0.05, 0) is 12.5 Å². The van der Waals surface area contributed by atoms with Crippen molar-refractivity contribution < 1.29 is 24.2 Å². The number of hydrogen-bond acceptors (Lipinski definition) is 4. The number of carboxylic acids is 1. The first-order valence-corrected chi connectivity index (χ1v) is 6.39. The Labute approximate surface area is 116 Å². The maximum Gasteiger partial charge on any atom is 0.411 e. The van der Waals surface area contributed by atoms with Crippen LogP contribution in [0.2, 0.25) is 0 Å². The Morgan fingerprint density at radius 1 is 1.40 bits per heavy atom. The molecule has 6 nitrogen and oxygen atoms in total. The third-order valence-corrected chi connectivity index (χ3v) is 3.09. The molecular weight excluding hydrogens is 262 g/mol. The summed E-state index contributed by atoms with van der Waals surface area (Å²) >= 11 is 0. The zero-order valence-electron chi connectivity index (χ0n) is 11.2. The normalized spacial score (nSPS) is 22.4. The van der Waals surface area contributed by atoms with Crippen LogP contribution in [0.5, 0.6) is 0 Å². The summed E-state index contributed by atoms with van der Waals surface area (Å²) in [6.45, 7) is 2.11. The number of aliphatic carboxylic acids is 1. The van der Waals surface area contributed by atoms with E-state index in [1.165, 1.54) is 4.90 Å². The molecule has 1 aliphatic heterocycles. The van der Waals surface area contributed by atoms with Crippen LogP contribution in [-0.4, -0.2) is 47.4 Å². The average molecular weight is 279 g/mol. The quantitative estimate of drug-likeness (QED) is 0.907. The second-order valence-corrected chi connectivity index (χ2v) is 4.69. The smallest absolute Gasteiger partial charge is 0.411 e. The number of morpholine rings is 1. The van der Waals surface area contributed by atoms with Gasteiger partial charge in [-0.15, -0.1) is 0 Å². The molecule has 0 spiro atoms. The molecule has 0 aliphatic carbocycles. The van der Waals surface area contributed by atoms with Gasteiger partial charge in [-0.3, -0.25) is 4.90 Å². The number of carbonyl (C=O) groups excluding carboxylic acids is 1. The molecule has 0 saturated carbocycles. The van der Waals surface area contributed by atoms with Gasteiger partial charge in [-0.1, -0.05) is 30.3 Å². The van der Waals surface area contributed by atoms with E-state index in [0.717, 1.165) is 5.56 Å². The predicted octanol–water partition coefficient (Wildman–Crippen LogP) is 1.50. The summed E-state index contributed by atoms with van der Waals surface area (Å²) in [5, 5.41) is 9.10. The lowest BCUT2D eigenvalue weighted by molar-refractivity contribution is -0.151. The van der Waals surface area contributed by atoms with Crippen molar-refractivity contribution in [3.8, 4) is 0 Å². The minimum atomic E-state index is -1.09. The zero-order chi connectivity index (χ0) is 14.5. The molecule has 20 heavy (non-hydrogen) atoms. The van der Waals surface area contributed by atoms with Crippen molar-refractivity contribution in [2.45, 2.75) is 25.7 Å². The van der Waals surface area contributed by atoms with Crippen LogP contribution < -0.4 is 0 Å². The number of hydrogen-bond donors (Lipinski definition) is 1. The van der Waals surface area contributed by atoms with Gasteiger partial charge in [0.05, 0.1) is 19.3 Å². The summed E-state index contributed by atoms with van der Waals surface area (Å²) < 4.78 is 10.4. The first kappa shape index (κ1) is 14.3. The molecule has 6 heteroatoms. The van der Waals surface area contributed by atoms with Gasteiger partial charge in [0, 0.05) is 0 Å². The van der Waals surface area contributed by atoms with E-state index >= 15 is 0 Å². The molecule has 1 aliphatic rings. The van der Waals surface area contributed by atoms with Gasteiger partial charge in [0.15, 0.2) is 6.04 Å². The van der Waals surface area contributed by atoms with E-state index in [0.29, 0.717) is 0 Å². The average Bonchev–Trinajstić information content (AvgIpc) is 2.45. The molecule has 1 fully saturated rings. The molecule has 0 unspecified atom stereocenters.